The number of anilines is 2. The van der Waals surface area contributed by atoms with Crippen molar-refractivity contribution in [2.24, 2.45) is 0 Å². The lowest BCUT2D eigenvalue weighted by Crippen LogP contribution is -2.11. The van der Waals surface area contributed by atoms with Gasteiger partial charge in [-0.15, -0.1) is 0 Å². The van der Waals surface area contributed by atoms with Gasteiger partial charge in [-0.25, -0.2) is 9.97 Å². The first-order valence-corrected chi connectivity index (χ1v) is 7.53. The number of nitrogens with one attached hydrogen (secondary N) is 1. The molecule has 0 fully saturated rings. The molecule has 0 saturated carbocycles. The molecule has 5 nitrogen and oxygen atoms in total. The highest BCUT2D eigenvalue weighted by molar-refractivity contribution is 9.10. The molecule has 0 amide bonds. The van der Waals surface area contributed by atoms with Crippen molar-refractivity contribution < 1.29 is 4.74 Å². The zero-order valence-electron chi connectivity index (χ0n) is 12.4. The van der Waals surface area contributed by atoms with Gasteiger partial charge in [0.1, 0.15) is 5.82 Å². The largest absolute Gasteiger partial charge is 0.475 e. The summed E-state index contributed by atoms with van der Waals surface area (Å²) in [6.45, 7) is 6.48. The van der Waals surface area contributed by atoms with Gasteiger partial charge in [-0.05, 0) is 48.3 Å². The van der Waals surface area contributed by atoms with Gasteiger partial charge in [-0.2, -0.15) is 0 Å². The number of hydrogen-bond acceptors (Lipinski definition) is 5. The molecule has 0 radical (unpaired) electrons. The van der Waals surface area contributed by atoms with E-state index in [0.29, 0.717) is 18.1 Å². The molecular weight excluding hydrogens is 332 g/mol. The monoisotopic (exact) mass is 350 g/mol. The SMILES string of the molecule is Cc1c(N)cnc(NCc2cccnc2OC(C)C)c1Br. The normalized spacial score (nSPS) is 10.7. The van der Waals surface area contributed by atoms with Crippen LogP contribution >= 0.6 is 15.9 Å². The minimum Gasteiger partial charge on any atom is -0.475 e. The van der Waals surface area contributed by atoms with Crippen LogP contribution in [0.25, 0.3) is 0 Å². The molecule has 2 aromatic heterocycles. The molecule has 2 aromatic rings. The third-order valence-corrected chi connectivity index (χ3v) is 3.92. The fraction of sp³-hybridized carbons (Fsp3) is 0.333. The molecule has 0 spiro atoms. The van der Waals surface area contributed by atoms with Gasteiger partial charge in [0.25, 0.3) is 0 Å². The van der Waals surface area contributed by atoms with E-state index in [4.69, 9.17) is 10.5 Å². The molecule has 0 atom stereocenters. The van der Waals surface area contributed by atoms with Gasteiger partial charge in [0.2, 0.25) is 5.88 Å². The van der Waals surface area contributed by atoms with E-state index in [1.54, 1.807) is 12.4 Å². The standard InChI is InChI=1S/C15H19BrN4O/c1-9(2)21-15-11(5-4-6-18-15)7-19-14-13(16)10(3)12(17)8-20-14/h4-6,8-9H,7,17H2,1-3H3,(H,19,20). The number of halogens is 1. The minimum absolute atomic E-state index is 0.0854. The number of nitrogen functional groups attached to an aromatic ring is 1. The van der Waals surface area contributed by atoms with Crippen LogP contribution in [0.4, 0.5) is 11.5 Å². The van der Waals surface area contributed by atoms with E-state index in [1.165, 1.54) is 0 Å². The Bertz CT molecular complexity index is 631. The van der Waals surface area contributed by atoms with Crippen molar-refractivity contribution in [2.45, 2.75) is 33.4 Å². The Morgan fingerprint density at radius 3 is 2.86 bits per heavy atom. The summed E-state index contributed by atoms with van der Waals surface area (Å²) in [5.41, 5.74) is 8.44. The first-order chi connectivity index (χ1) is 9.99. The molecule has 21 heavy (non-hydrogen) atoms. The predicted octanol–water partition coefficient (Wildman–Crippen LogP) is 3.53. The van der Waals surface area contributed by atoms with E-state index in [1.807, 2.05) is 32.9 Å². The van der Waals surface area contributed by atoms with Crippen LogP contribution in [0.2, 0.25) is 0 Å². The highest BCUT2D eigenvalue weighted by Crippen LogP contribution is 2.28. The maximum Gasteiger partial charge on any atom is 0.218 e. The summed E-state index contributed by atoms with van der Waals surface area (Å²) in [6, 6.07) is 3.87. The van der Waals surface area contributed by atoms with E-state index in [-0.39, 0.29) is 6.10 Å². The summed E-state index contributed by atoms with van der Waals surface area (Å²) >= 11 is 3.51. The first kappa shape index (κ1) is 15.6. The molecule has 0 bridgehead atoms. The van der Waals surface area contributed by atoms with Gasteiger partial charge in [0.15, 0.2) is 0 Å². The maximum atomic E-state index is 5.83. The zero-order chi connectivity index (χ0) is 15.4. The van der Waals surface area contributed by atoms with E-state index < -0.39 is 0 Å². The Morgan fingerprint density at radius 2 is 2.14 bits per heavy atom. The van der Waals surface area contributed by atoms with Gasteiger partial charge < -0.3 is 15.8 Å². The molecule has 0 aliphatic rings. The van der Waals surface area contributed by atoms with Crippen LogP contribution in [0.15, 0.2) is 29.0 Å². The number of pyridine rings is 2. The summed E-state index contributed by atoms with van der Waals surface area (Å²) in [7, 11) is 0. The average Bonchev–Trinajstić information content (AvgIpc) is 2.45. The number of nitrogens with two attached hydrogens (primary N) is 1. The molecule has 0 aliphatic heterocycles. The Kier molecular flexibility index (Phi) is 5.01. The van der Waals surface area contributed by atoms with Crippen LogP contribution in [0.5, 0.6) is 5.88 Å². The third-order valence-electron chi connectivity index (χ3n) is 2.95. The van der Waals surface area contributed by atoms with Crippen LogP contribution in [0, 0.1) is 6.92 Å². The van der Waals surface area contributed by atoms with Crippen molar-refractivity contribution in [3.8, 4) is 5.88 Å². The summed E-state index contributed by atoms with van der Waals surface area (Å²) in [4.78, 5) is 8.57. The fourth-order valence-corrected chi connectivity index (χ4v) is 2.25. The molecule has 0 saturated heterocycles. The number of rotatable bonds is 5. The quantitative estimate of drug-likeness (QED) is 0.862. The Morgan fingerprint density at radius 1 is 1.38 bits per heavy atom. The van der Waals surface area contributed by atoms with Crippen molar-refractivity contribution in [2.75, 3.05) is 11.1 Å². The van der Waals surface area contributed by atoms with Gasteiger partial charge in [0, 0.05) is 18.3 Å². The van der Waals surface area contributed by atoms with Gasteiger partial charge >= 0.3 is 0 Å². The van der Waals surface area contributed by atoms with Crippen LogP contribution < -0.4 is 15.8 Å². The Balaban J connectivity index is 2.15. The molecule has 6 heteroatoms. The van der Waals surface area contributed by atoms with Crippen molar-refractivity contribution in [1.29, 1.82) is 0 Å². The minimum atomic E-state index is 0.0854. The lowest BCUT2D eigenvalue weighted by Gasteiger charge is -2.14. The Labute approximate surface area is 133 Å². The second kappa shape index (κ2) is 6.76. The lowest BCUT2D eigenvalue weighted by atomic mass is 10.2. The molecule has 3 N–H and O–H groups in total. The van der Waals surface area contributed by atoms with Crippen molar-refractivity contribution in [1.82, 2.24) is 9.97 Å². The first-order valence-electron chi connectivity index (χ1n) is 6.74. The highest BCUT2D eigenvalue weighted by Gasteiger charge is 2.10. The summed E-state index contributed by atoms with van der Waals surface area (Å²) in [5, 5.41) is 3.28. The van der Waals surface area contributed by atoms with Gasteiger partial charge in [-0.3, -0.25) is 0 Å². The van der Waals surface area contributed by atoms with Crippen LogP contribution in [-0.2, 0) is 6.54 Å². The van der Waals surface area contributed by atoms with E-state index >= 15 is 0 Å². The second-order valence-electron chi connectivity index (χ2n) is 4.99. The summed E-state index contributed by atoms with van der Waals surface area (Å²) in [5.74, 6) is 1.39. The fourth-order valence-electron chi connectivity index (χ4n) is 1.78. The smallest absolute Gasteiger partial charge is 0.218 e. The van der Waals surface area contributed by atoms with E-state index in [0.717, 1.165) is 21.4 Å². The molecule has 2 rings (SSSR count). The molecular formula is C15H19BrN4O. The van der Waals surface area contributed by atoms with Crippen LogP contribution in [0.3, 0.4) is 0 Å². The predicted molar refractivity (Wildman–Crippen MR) is 88.4 cm³/mol. The average molecular weight is 351 g/mol. The molecule has 2 heterocycles. The van der Waals surface area contributed by atoms with E-state index in [9.17, 15) is 0 Å². The second-order valence-corrected chi connectivity index (χ2v) is 5.78. The number of aromatic nitrogens is 2. The van der Waals surface area contributed by atoms with Crippen molar-refractivity contribution in [3.63, 3.8) is 0 Å². The molecule has 0 aliphatic carbocycles. The Hall–Kier alpha value is -1.82. The van der Waals surface area contributed by atoms with Crippen molar-refractivity contribution in [3.05, 3.63) is 40.1 Å². The molecule has 0 unspecified atom stereocenters. The topological polar surface area (TPSA) is 73.1 Å². The summed E-state index contributed by atoms with van der Waals surface area (Å²) < 4.78 is 6.58. The van der Waals surface area contributed by atoms with Gasteiger partial charge in [-0.1, -0.05) is 6.07 Å². The molecule has 0 aromatic carbocycles. The van der Waals surface area contributed by atoms with Gasteiger partial charge in [0.05, 0.1) is 22.5 Å². The third kappa shape index (κ3) is 3.85. The lowest BCUT2D eigenvalue weighted by molar-refractivity contribution is 0.230. The van der Waals surface area contributed by atoms with Crippen LogP contribution in [-0.4, -0.2) is 16.1 Å². The number of nitrogens with zero attached hydrogens (tertiary/aromatic N) is 2. The van der Waals surface area contributed by atoms with Crippen LogP contribution in [0.1, 0.15) is 25.0 Å². The molecule has 112 valence electrons. The zero-order valence-corrected chi connectivity index (χ0v) is 13.9. The summed E-state index contributed by atoms with van der Waals surface area (Å²) in [6.07, 6.45) is 3.46. The maximum absolute atomic E-state index is 5.83. The van der Waals surface area contributed by atoms with E-state index in [2.05, 4.69) is 31.2 Å². The van der Waals surface area contributed by atoms with Crippen molar-refractivity contribution >= 4 is 27.4 Å². The number of hydrogen-bond donors (Lipinski definition) is 2. The number of ether oxygens (including phenoxy) is 1. The highest BCUT2D eigenvalue weighted by atomic mass is 79.9.